The Morgan fingerprint density at radius 1 is 1.36 bits per heavy atom. The molecule has 2 N–H and O–H groups in total. The number of pyridine rings is 1. The highest BCUT2D eigenvalue weighted by molar-refractivity contribution is 7.20. The van der Waals surface area contributed by atoms with Gasteiger partial charge in [0, 0.05) is 34.4 Å². The minimum Gasteiger partial charge on any atom is -0.346 e. The summed E-state index contributed by atoms with van der Waals surface area (Å²) in [6.07, 6.45) is 5.03. The number of amides is 1. The zero-order chi connectivity index (χ0) is 15.3. The maximum atomic E-state index is 12.4. The van der Waals surface area contributed by atoms with Gasteiger partial charge in [-0.3, -0.25) is 14.6 Å². The molecule has 4 heterocycles. The normalized spacial score (nSPS) is 26.5. The number of hydrogen-bond donors (Lipinski definition) is 2. The maximum absolute atomic E-state index is 12.4. The fourth-order valence-corrected chi connectivity index (χ4v) is 4.42. The van der Waals surface area contributed by atoms with Gasteiger partial charge in [0.2, 0.25) is 0 Å². The Labute approximate surface area is 132 Å². The lowest BCUT2D eigenvalue weighted by Crippen LogP contribution is -2.43. The summed E-state index contributed by atoms with van der Waals surface area (Å²) >= 11 is 1.41. The SMILES string of the molecule is CC(=O)c1cc2cnc(C(=O)N[C@@H]3C[C@H]4CC[C@@H]3N4)cc2s1. The molecule has 0 saturated carbocycles. The highest BCUT2D eigenvalue weighted by atomic mass is 32.1. The fraction of sp³-hybridized carbons (Fsp3) is 0.438. The molecule has 0 unspecified atom stereocenters. The van der Waals surface area contributed by atoms with E-state index in [0.29, 0.717) is 22.7 Å². The molecule has 6 heteroatoms. The van der Waals surface area contributed by atoms with Crippen LogP contribution in [-0.4, -0.2) is 34.8 Å². The summed E-state index contributed by atoms with van der Waals surface area (Å²) in [5.74, 6) is -0.0840. The Kier molecular flexibility index (Phi) is 3.23. The molecule has 114 valence electrons. The van der Waals surface area contributed by atoms with Crippen LogP contribution in [0, 0.1) is 0 Å². The number of carbonyl (C=O) groups is 2. The van der Waals surface area contributed by atoms with Crippen LogP contribution in [0.5, 0.6) is 0 Å². The van der Waals surface area contributed by atoms with Gasteiger partial charge in [-0.2, -0.15) is 0 Å². The van der Waals surface area contributed by atoms with Crippen molar-refractivity contribution in [3.05, 3.63) is 28.9 Å². The molecule has 0 spiro atoms. The molecule has 5 nitrogen and oxygen atoms in total. The monoisotopic (exact) mass is 315 g/mol. The van der Waals surface area contributed by atoms with Crippen molar-refractivity contribution < 1.29 is 9.59 Å². The first-order valence-electron chi connectivity index (χ1n) is 7.57. The third-order valence-electron chi connectivity index (χ3n) is 4.60. The van der Waals surface area contributed by atoms with Crippen molar-refractivity contribution in [3.8, 4) is 0 Å². The second kappa shape index (κ2) is 5.14. The van der Waals surface area contributed by atoms with Crippen LogP contribution in [0.2, 0.25) is 0 Å². The summed E-state index contributed by atoms with van der Waals surface area (Å²) in [5, 5.41) is 7.51. The van der Waals surface area contributed by atoms with Crippen molar-refractivity contribution in [2.45, 2.75) is 44.3 Å². The van der Waals surface area contributed by atoms with Gasteiger partial charge >= 0.3 is 0 Å². The third-order valence-corrected chi connectivity index (χ3v) is 5.80. The molecule has 2 aromatic rings. The largest absolute Gasteiger partial charge is 0.346 e. The molecule has 2 aliphatic heterocycles. The van der Waals surface area contributed by atoms with E-state index in [-0.39, 0.29) is 17.7 Å². The standard InChI is InChI=1S/C16H17N3O2S/c1-8(20)14-4-9-7-17-13(6-15(9)22-14)16(21)19-12-5-10-2-3-11(12)18-10/h4,6-7,10-12,18H,2-3,5H2,1H3,(H,19,21)/t10-,11+,12-/m1/s1. The van der Waals surface area contributed by atoms with Gasteiger partial charge in [0.1, 0.15) is 5.69 Å². The van der Waals surface area contributed by atoms with Crippen molar-refractivity contribution >= 4 is 33.1 Å². The van der Waals surface area contributed by atoms with Crippen molar-refractivity contribution in [3.63, 3.8) is 0 Å². The van der Waals surface area contributed by atoms with Crippen LogP contribution in [0.15, 0.2) is 18.3 Å². The van der Waals surface area contributed by atoms with E-state index in [1.807, 2.05) is 6.07 Å². The number of Topliss-reactive ketones (excluding diaryl/α,β-unsaturated/α-hetero) is 1. The Morgan fingerprint density at radius 2 is 2.23 bits per heavy atom. The van der Waals surface area contributed by atoms with E-state index in [2.05, 4.69) is 15.6 Å². The van der Waals surface area contributed by atoms with E-state index in [1.54, 1.807) is 19.2 Å². The topological polar surface area (TPSA) is 71.1 Å². The first-order valence-corrected chi connectivity index (χ1v) is 8.39. The van der Waals surface area contributed by atoms with Crippen LogP contribution >= 0.6 is 11.3 Å². The minimum atomic E-state index is -0.126. The number of hydrogen-bond acceptors (Lipinski definition) is 5. The predicted octanol–water partition coefficient (Wildman–Crippen LogP) is 2.12. The number of fused-ring (bicyclic) bond motifs is 3. The molecule has 0 aromatic carbocycles. The lowest BCUT2D eigenvalue weighted by molar-refractivity contribution is 0.0925. The van der Waals surface area contributed by atoms with E-state index in [4.69, 9.17) is 0 Å². The van der Waals surface area contributed by atoms with Crippen LogP contribution < -0.4 is 10.6 Å². The molecule has 2 saturated heterocycles. The first-order chi connectivity index (χ1) is 10.6. The zero-order valence-corrected chi connectivity index (χ0v) is 13.1. The molecule has 1 amide bonds. The summed E-state index contributed by atoms with van der Waals surface area (Å²) in [6, 6.07) is 4.78. The Bertz CT molecular complexity index is 770. The van der Waals surface area contributed by atoms with Crippen molar-refractivity contribution in [1.82, 2.24) is 15.6 Å². The van der Waals surface area contributed by atoms with E-state index >= 15 is 0 Å². The van der Waals surface area contributed by atoms with Crippen LogP contribution in [0.1, 0.15) is 46.3 Å². The van der Waals surface area contributed by atoms with E-state index in [9.17, 15) is 9.59 Å². The van der Waals surface area contributed by atoms with Gasteiger partial charge in [-0.1, -0.05) is 0 Å². The molecule has 2 fully saturated rings. The van der Waals surface area contributed by atoms with Crippen LogP contribution in [0.3, 0.4) is 0 Å². The fourth-order valence-electron chi connectivity index (χ4n) is 3.46. The highest BCUT2D eigenvalue weighted by Crippen LogP contribution is 2.29. The second-order valence-electron chi connectivity index (χ2n) is 6.14. The molecular formula is C16H17N3O2S. The van der Waals surface area contributed by atoms with Crippen LogP contribution in [0.25, 0.3) is 10.1 Å². The quantitative estimate of drug-likeness (QED) is 0.851. The minimum absolute atomic E-state index is 0.0419. The average molecular weight is 315 g/mol. The molecule has 2 aliphatic rings. The van der Waals surface area contributed by atoms with Gasteiger partial charge in [0.05, 0.1) is 4.88 Å². The summed E-state index contributed by atoms with van der Waals surface area (Å²) < 4.78 is 0.927. The maximum Gasteiger partial charge on any atom is 0.270 e. The first kappa shape index (κ1) is 13.8. The van der Waals surface area contributed by atoms with E-state index < -0.39 is 0 Å². The molecular weight excluding hydrogens is 298 g/mol. The van der Waals surface area contributed by atoms with Crippen molar-refractivity contribution in [2.75, 3.05) is 0 Å². The van der Waals surface area contributed by atoms with Crippen LogP contribution in [0.4, 0.5) is 0 Å². The van der Waals surface area contributed by atoms with Crippen molar-refractivity contribution in [1.29, 1.82) is 0 Å². The molecule has 2 bridgehead atoms. The summed E-state index contributed by atoms with van der Waals surface area (Å²) in [7, 11) is 0. The van der Waals surface area contributed by atoms with E-state index in [1.165, 1.54) is 17.8 Å². The molecule has 22 heavy (non-hydrogen) atoms. The van der Waals surface area contributed by atoms with Crippen LogP contribution in [-0.2, 0) is 0 Å². The van der Waals surface area contributed by atoms with Crippen molar-refractivity contribution in [2.24, 2.45) is 0 Å². The van der Waals surface area contributed by atoms with Gasteiger partial charge in [0.25, 0.3) is 5.91 Å². The number of nitrogens with zero attached hydrogens (tertiary/aromatic N) is 1. The number of ketones is 1. The average Bonchev–Trinajstić information content (AvgIpc) is 3.20. The summed E-state index contributed by atoms with van der Waals surface area (Å²) in [6.45, 7) is 1.55. The highest BCUT2D eigenvalue weighted by Gasteiger charge is 2.39. The van der Waals surface area contributed by atoms with E-state index in [0.717, 1.165) is 22.9 Å². The number of nitrogens with one attached hydrogen (secondary N) is 2. The molecule has 0 aliphatic carbocycles. The predicted molar refractivity (Wildman–Crippen MR) is 85.4 cm³/mol. The number of aromatic nitrogens is 1. The Balaban J connectivity index is 1.55. The third kappa shape index (κ3) is 2.32. The smallest absolute Gasteiger partial charge is 0.270 e. The van der Waals surface area contributed by atoms with Gasteiger partial charge in [-0.15, -0.1) is 11.3 Å². The number of carbonyl (C=O) groups excluding carboxylic acids is 2. The molecule has 3 atom stereocenters. The lowest BCUT2D eigenvalue weighted by Gasteiger charge is -2.21. The summed E-state index contributed by atoms with van der Waals surface area (Å²) in [5.41, 5.74) is 0.423. The molecule has 4 rings (SSSR count). The number of rotatable bonds is 3. The Morgan fingerprint density at radius 3 is 2.91 bits per heavy atom. The zero-order valence-electron chi connectivity index (χ0n) is 12.3. The lowest BCUT2D eigenvalue weighted by atomic mass is 9.95. The molecule has 2 aromatic heterocycles. The van der Waals surface area contributed by atoms with Gasteiger partial charge < -0.3 is 10.6 Å². The van der Waals surface area contributed by atoms with Gasteiger partial charge in [0.15, 0.2) is 5.78 Å². The van der Waals surface area contributed by atoms with Gasteiger partial charge in [-0.05, 0) is 38.3 Å². The second-order valence-corrected chi connectivity index (χ2v) is 7.22. The molecule has 0 radical (unpaired) electrons. The number of thiophene rings is 1. The summed E-state index contributed by atoms with van der Waals surface area (Å²) in [4.78, 5) is 28.8. The Hall–Kier alpha value is -1.79. The van der Waals surface area contributed by atoms with Gasteiger partial charge in [-0.25, -0.2) is 0 Å².